The van der Waals surface area contributed by atoms with E-state index in [1.807, 2.05) is 25.1 Å². The zero-order valence-corrected chi connectivity index (χ0v) is 17.5. The second kappa shape index (κ2) is 7.16. The van der Waals surface area contributed by atoms with E-state index in [2.05, 4.69) is 15.4 Å². The van der Waals surface area contributed by atoms with Crippen molar-refractivity contribution in [1.29, 1.82) is 0 Å². The number of hydrogen-bond acceptors (Lipinski definition) is 6. The van der Waals surface area contributed by atoms with E-state index < -0.39 is 9.84 Å². The topological polar surface area (TPSA) is 107 Å². The summed E-state index contributed by atoms with van der Waals surface area (Å²) in [6, 6.07) is 5.39. The summed E-state index contributed by atoms with van der Waals surface area (Å²) in [4.78, 5) is 22.0. The lowest BCUT2D eigenvalue weighted by atomic mass is 10.1. The second-order valence-corrected chi connectivity index (χ2v) is 10.4. The van der Waals surface area contributed by atoms with E-state index in [0.29, 0.717) is 41.2 Å². The maximum atomic E-state index is 13.1. The van der Waals surface area contributed by atoms with Crippen molar-refractivity contribution < 1.29 is 13.2 Å². The molecule has 0 spiro atoms. The molecule has 0 aromatic carbocycles. The highest BCUT2D eigenvalue weighted by Crippen LogP contribution is 2.41. The van der Waals surface area contributed by atoms with Gasteiger partial charge in [-0.2, -0.15) is 5.10 Å². The van der Waals surface area contributed by atoms with Gasteiger partial charge >= 0.3 is 0 Å². The summed E-state index contributed by atoms with van der Waals surface area (Å²) < 4.78 is 25.7. The number of carbonyl (C=O) groups is 1. The Morgan fingerprint density at radius 1 is 1.30 bits per heavy atom. The van der Waals surface area contributed by atoms with Crippen molar-refractivity contribution >= 4 is 26.8 Å². The van der Waals surface area contributed by atoms with Crippen LogP contribution in [0, 0.1) is 6.92 Å². The molecule has 156 valence electrons. The molecule has 0 unspecified atom stereocenters. The van der Waals surface area contributed by atoms with Gasteiger partial charge in [0.25, 0.3) is 5.91 Å². The van der Waals surface area contributed by atoms with E-state index in [1.165, 1.54) is 0 Å². The van der Waals surface area contributed by atoms with Crippen LogP contribution in [0.15, 0.2) is 30.6 Å². The molecule has 1 atom stereocenters. The molecule has 2 fully saturated rings. The minimum absolute atomic E-state index is 0.0705. The third-order valence-corrected chi connectivity index (χ3v) is 7.58. The van der Waals surface area contributed by atoms with Gasteiger partial charge in [-0.3, -0.25) is 9.78 Å². The van der Waals surface area contributed by atoms with Crippen LogP contribution in [0.1, 0.15) is 58.5 Å². The molecule has 5 rings (SSSR count). The van der Waals surface area contributed by atoms with Crippen LogP contribution in [-0.4, -0.2) is 45.6 Å². The molecule has 1 aliphatic heterocycles. The average Bonchev–Trinajstić information content (AvgIpc) is 3.45. The fraction of sp³-hybridized carbons (Fsp3) is 0.429. The number of rotatable bonds is 5. The summed E-state index contributed by atoms with van der Waals surface area (Å²) >= 11 is 0. The van der Waals surface area contributed by atoms with Crippen LogP contribution < -0.4 is 5.32 Å². The first-order valence-electron chi connectivity index (χ1n) is 10.2. The number of aryl methyl sites for hydroxylation is 1. The fourth-order valence-corrected chi connectivity index (χ4v) is 5.79. The van der Waals surface area contributed by atoms with Crippen LogP contribution in [0.5, 0.6) is 0 Å². The lowest BCUT2D eigenvalue weighted by Gasteiger charge is -2.12. The predicted octanol–water partition coefficient (Wildman–Crippen LogP) is 2.30. The Morgan fingerprint density at radius 2 is 2.13 bits per heavy atom. The zero-order chi connectivity index (χ0) is 20.9. The molecule has 1 saturated heterocycles. The molecule has 0 radical (unpaired) electrons. The van der Waals surface area contributed by atoms with Gasteiger partial charge in [-0.15, -0.1) is 0 Å². The van der Waals surface area contributed by atoms with Crippen LogP contribution in [0.25, 0.3) is 11.0 Å². The van der Waals surface area contributed by atoms with Crippen LogP contribution in [0.4, 0.5) is 0 Å². The summed E-state index contributed by atoms with van der Waals surface area (Å²) in [5.41, 5.74) is 3.66. The van der Waals surface area contributed by atoms with E-state index in [1.54, 1.807) is 17.1 Å². The maximum Gasteiger partial charge on any atom is 0.252 e. The Bertz CT molecular complexity index is 1230. The van der Waals surface area contributed by atoms with Crippen LogP contribution in [0.3, 0.4) is 0 Å². The van der Waals surface area contributed by atoms with Gasteiger partial charge in [-0.05, 0) is 43.9 Å². The largest absolute Gasteiger partial charge is 0.348 e. The van der Waals surface area contributed by atoms with Crippen LogP contribution in [-0.2, 0) is 16.4 Å². The van der Waals surface area contributed by atoms with Gasteiger partial charge in [0.15, 0.2) is 15.5 Å². The number of amides is 1. The third kappa shape index (κ3) is 3.58. The van der Waals surface area contributed by atoms with E-state index in [0.717, 1.165) is 24.1 Å². The maximum absolute atomic E-state index is 13.1. The molecule has 1 saturated carbocycles. The van der Waals surface area contributed by atoms with Gasteiger partial charge in [0.05, 0.1) is 34.2 Å². The highest BCUT2D eigenvalue weighted by Gasteiger charge is 2.34. The first kappa shape index (κ1) is 19.2. The van der Waals surface area contributed by atoms with Crippen LogP contribution >= 0.6 is 0 Å². The molecule has 3 aromatic rings. The number of aromatic nitrogens is 4. The quantitative estimate of drug-likeness (QED) is 0.672. The van der Waals surface area contributed by atoms with Gasteiger partial charge in [-0.25, -0.2) is 18.1 Å². The molecular formula is C21H23N5O3S. The van der Waals surface area contributed by atoms with E-state index in [-0.39, 0.29) is 23.5 Å². The normalized spacial score (nSPS) is 20.5. The number of pyridine rings is 2. The number of sulfone groups is 1. The lowest BCUT2D eigenvalue weighted by Crippen LogP contribution is -2.23. The van der Waals surface area contributed by atoms with Crippen molar-refractivity contribution in [2.45, 2.75) is 44.7 Å². The minimum atomic E-state index is -3.06. The second-order valence-electron chi connectivity index (χ2n) is 8.20. The zero-order valence-electron chi connectivity index (χ0n) is 16.7. The number of hydrogen-bond donors (Lipinski definition) is 1. The molecule has 1 N–H and O–H groups in total. The highest BCUT2D eigenvalue weighted by atomic mass is 32.2. The van der Waals surface area contributed by atoms with Crippen LogP contribution in [0.2, 0.25) is 0 Å². The van der Waals surface area contributed by atoms with Gasteiger partial charge in [-0.1, -0.05) is 6.07 Å². The number of nitrogens with zero attached hydrogens (tertiary/aromatic N) is 4. The Hall–Kier alpha value is -2.81. The molecule has 0 bridgehead atoms. The standard InChI is InChI=1S/C21H23N5O3S/c1-13-19-17(21(27)23-11-14-3-2-7-22-10-14)9-18(15-4-5-15)24-20(19)26(25-13)16-6-8-30(28,29)12-16/h2-3,7,9-10,15-16H,4-6,8,11-12H2,1H3,(H,23,27)/t16-/m1/s1. The van der Waals surface area contributed by atoms with E-state index in [9.17, 15) is 13.2 Å². The van der Waals surface area contributed by atoms with Crippen molar-refractivity contribution in [2.24, 2.45) is 0 Å². The van der Waals surface area contributed by atoms with Gasteiger partial charge in [0.1, 0.15) is 0 Å². The SMILES string of the molecule is Cc1nn([C@@H]2CCS(=O)(=O)C2)c2nc(C3CC3)cc(C(=O)NCc3cccnc3)c12. The van der Waals surface area contributed by atoms with Crippen molar-refractivity contribution in [1.82, 2.24) is 25.1 Å². The Balaban J connectivity index is 1.55. The summed E-state index contributed by atoms with van der Waals surface area (Å²) in [5, 5.41) is 8.29. The Kier molecular flexibility index (Phi) is 4.57. The lowest BCUT2D eigenvalue weighted by molar-refractivity contribution is 0.0952. The Labute approximate surface area is 174 Å². The van der Waals surface area contributed by atoms with Gasteiger partial charge in [0.2, 0.25) is 0 Å². The highest BCUT2D eigenvalue weighted by molar-refractivity contribution is 7.91. The number of nitrogens with one attached hydrogen (secondary N) is 1. The molecule has 9 heteroatoms. The predicted molar refractivity (Wildman–Crippen MR) is 112 cm³/mol. The molecule has 2 aliphatic rings. The number of fused-ring (bicyclic) bond motifs is 1. The van der Waals surface area contributed by atoms with E-state index >= 15 is 0 Å². The fourth-order valence-electron chi connectivity index (χ4n) is 4.10. The van der Waals surface area contributed by atoms with Crippen molar-refractivity contribution in [3.05, 3.63) is 53.1 Å². The molecular weight excluding hydrogens is 402 g/mol. The first-order valence-corrected chi connectivity index (χ1v) is 12.0. The molecule has 30 heavy (non-hydrogen) atoms. The Morgan fingerprint density at radius 3 is 2.80 bits per heavy atom. The molecule has 1 amide bonds. The van der Waals surface area contributed by atoms with Crippen molar-refractivity contribution in [2.75, 3.05) is 11.5 Å². The summed E-state index contributed by atoms with van der Waals surface area (Å²) in [7, 11) is -3.06. The summed E-state index contributed by atoms with van der Waals surface area (Å²) in [5.74, 6) is 0.407. The van der Waals surface area contributed by atoms with Crippen molar-refractivity contribution in [3.8, 4) is 0 Å². The molecule has 8 nitrogen and oxygen atoms in total. The average molecular weight is 426 g/mol. The first-order chi connectivity index (χ1) is 14.4. The number of carbonyl (C=O) groups excluding carboxylic acids is 1. The van der Waals surface area contributed by atoms with E-state index in [4.69, 9.17) is 4.98 Å². The third-order valence-electron chi connectivity index (χ3n) is 5.83. The molecule has 3 aromatic heterocycles. The monoisotopic (exact) mass is 425 g/mol. The van der Waals surface area contributed by atoms with Crippen molar-refractivity contribution in [3.63, 3.8) is 0 Å². The molecule has 4 heterocycles. The smallest absolute Gasteiger partial charge is 0.252 e. The van der Waals surface area contributed by atoms with Gasteiger partial charge < -0.3 is 5.32 Å². The summed E-state index contributed by atoms with van der Waals surface area (Å²) in [6.07, 6.45) is 6.05. The molecule has 1 aliphatic carbocycles. The minimum Gasteiger partial charge on any atom is -0.348 e. The summed E-state index contributed by atoms with van der Waals surface area (Å²) in [6.45, 7) is 2.22. The van der Waals surface area contributed by atoms with Gasteiger partial charge in [0, 0.05) is 30.6 Å².